The monoisotopic (exact) mass is 525 g/mol. The highest BCUT2D eigenvalue weighted by Gasteiger charge is 2.57. The van der Waals surface area contributed by atoms with E-state index >= 15 is 4.39 Å². The number of carbonyl (C=O) groups is 1. The minimum Gasteiger partial charge on any atom is -0.446 e. The molecule has 0 radical (unpaired) electrons. The van der Waals surface area contributed by atoms with Gasteiger partial charge in [-0.1, -0.05) is 0 Å². The molecular weight excluding hydrogens is 489 g/mol. The van der Waals surface area contributed by atoms with E-state index in [-0.39, 0.29) is 35.6 Å². The molecule has 4 aliphatic rings. The van der Waals surface area contributed by atoms with Gasteiger partial charge in [-0.2, -0.15) is 0 Å². The SMILES string of the molecule is Cc1cc(C)c(CN2CC3(CC3)c3c(F)c4c(c(C)c3C2=O)O[C@](C)([C@H]2CC[C@H](N(C)C)CO2)O4)c(=O)[nH]1. The van der Waals surface area contributed by atoms with Gasteiger partial charge in [0, 0.05) is 47.3 Å². The number of rotatable bonds is 4. The van der Waals surface area contributed by atoms with Crippen LogP contribution >= 0.6 is 0 Å². The van der Waals surface area contributed by atoms with Crippen molar-refractivity contribution < 1.29 is 23.4 Å². The first kappa shape index (κ1) is 25.4. The molecule has 1 N–H and O–H groups in total. The Balaban J connectivity index is 1.35. The Morgan fingerprint density at radius 2 is 1.84 bits per heavy atom. The number of hydrogen-bond acceptors (Lipinski definition) is 6. The van der Waals surface area contributed by atoms with Gasteiger partial charge in [0.25, 0.3) is 17.3 Å². The average molecular weight is 526 g/mol. The predicted octanol–water partition coefficient (Wildman–Crippen LogP) is 3.72. The van der Waals surface area contributed by atoms with E-state index in [4.69, 9.17) is 14.2 Å². The Morgan fingerprint density at radius 3 is 2.45 bits per heavy atom. The van der Waals surface area contributed by atoms with Crippen molar-refractivity contribution in [2.45, 2.75) is 83.3 Å². The second kappa shape index (κ2) is 8.55. The van der Waals surface area contributed by atoms with Crippen LogP contribution in [0.1, 0.15) is 70.9 Å². The standard InChI is InChI=1S/C29H36FN3O5/c1-15-11-16(2)31-26(34)19(15)12-33-14-29(9-10-29)22-21(27(33)35)17(3)24-25(23(22)30)38-28(4,37-24)20-8-7-18(13-36-20)32(5)6/h11,18,20H,7-10,12-14H2,1-6H3,(H,31,34)/t18-,20+,28-/m0/s1. The van der Waals surface area contributed by atoms with E-state index < -0.39 is 17.0 Å². The van der Waals surface area contributed by atoms with Crippen LogP contribution in [0.4, 0.5) is 4.39 Å². The summed E-state index contributed by atoms with van der Waals surface area (Å²) in [6.45, 7) is 8.40. The lowest BCUT2D eigenvalue weighted by molar-refractivity contribution is -0.191. The maximum Gasteiger partial charge on any atom is 0.275 e. The van der Waals surface area contributed by atoms with Gasteiger partial charge >= 0.3 is 0 Å². The fourth-order valence-corrected chi connectivity index (χ4v) is 6.52. The Morgan fingerprint density at radius 1 is 1.13 bits per heavy atom. The number of aryl methyl sites for hydroxylation is 2. The number of ether oxygens (including phenoxy) is 3. The van der Waals surface area contributed by atoms with Crippen molar-refractivity contribution in [2.24, 2.45) is 0 Å². The van der Waals surface area contributed by atoms with Crippen LogP contribution in [-0.2, 0) is 16.7 Å². The van der Waals surface area contributed by atoms with Crippen LogP contribution in [0.3, 0.4) is 0 Å². The van der Waals surface area contributed by atoms with Gasteiger partial charge in [-0.25, -0.2) is 4.39 Å². The molecule has 8 nitrogen and oxygen atoms in total. The Labute approximate surface area is 222 Å². The topological polar surface area (TPSA) is 84.1 Å². The van der Waals surface area contributed by atoms with E-state index in [1.54, 1.807) is 18.7 Å². The summed E-state index contributed by atoms with van der Waals surface area (Å²) in [5.41, 5.74) is 2.87. The number of nitrogens with one attached hydrogen (secondary N) is 1. The number of nitrogens with zero attached hydrogens (tertiary/aromatic N) is 2. The van der Waals surface area contributed by atoms with Gasteiger partial charge in [-0.15, -0.1) is 0 Å². The molecule has 0 unspecified atom stereocenters. The van der Waals surface area contributed by atoms with E-state index in [2.05, 4.69) is 9.88 Å². The molecule has 3 atom stereocenters. The number of aromatic amines is 1. The molecule has 1 amide bonds. The van der Waals surface area contributed by atoms with Crippen LogP contribution < -0.4 is 15.0 Å². The quantitative estimate of drug-likeness (QED) is 0.655. The largest absolute Gasteiger partial charge is 0.446 e. The number of aromatic nitrogens is 1. The number of fused-ring (bicyclic) bond motifs is 3. The van der Waals surface area contributed by atoms with Gasteiger partial charge in [0.2, 0.25) is 5.75 Å². The summed E-state index contributed by atoms with van der Waals surface area (Å²) in [4.78, 5) is 33.3. The number of halogens is 1. The summed E-state index contributed by atoms with van der Waals surface area (Å²) >= 11 is 0. The number of benzene rings is 1. The third kappa shape index (κ3) is 3.77. The zero-order chi connectivity index (χ0) is 27.1. The predicted molar refractivity (Wildman–Crippen MR) is 139 cm³/mol. The van der Waals surface area contributed by atoms with Crippen LogP contribution in [0.2, 0.25) is 0 Å². The molecule has 2 aromatic rings. The van der Waals surface area contributed by atoms with Crippen molar-refractivity contribution in [1.29, 1.82) is 0 Å². The first-order valence-electron chi connectivity index (χ1n) is 13.5. The fraction of sp³-hybridized carbons (Fsp3) is 0.586. The number of likely N-dealkylation sites (N-methyl/N-ethyl adjacent to an activating group) is 1. The minimum absolute atomic E-state index is 0.0837. The Hall–Kier alpha value is -2.91. The third-order valence-corrected chi connectivity index (χ3v) is 8.99. The number of H-pyrrole nitrogens is 1. The molecule has 1 saturated carbocycles. The molecule has 1 saturated heterocycles. The van der Waals surface area contributed by atoms with Crippen LogP contribution in [0, 0.1) is 26.6 Å². The molecule has 0 bridgehead atoms. The van der Waals surface area contributed by atoms with Gasteiger partial charge in [0.05, 0.1) is 18.7 Å². The molecular formula is C29H36FN3O5. The second-order valence-corrected chi connectivity index (χ2v) is 12.0. The summed E-state index contributed by atoms with van der Waals surface area (Å²) in [7, 11) is 4.06. The third-order valence-electron chi connectivity index (χ3n) is 8.99. The highest BCUT2D eigenvalue weighted by molar-refractivity contribution is 6.00. The van der Waals surface area contributed by atoms with E-state index in [0.717, 1.165) is 36.9 Å². The van der Waals surface area contributed by atoms with Crippen LogP contribution in [-0.4, -0.2) is 65.9 Å². The van der Waals surface area contributed by atoms with Crippen molar-refractivity contribution in [3.8, 4) is 11.5 Å². The maximum atomic E-state index is 16.3. The Kier molecular flexibility index (Phi) is 5.71. The molecule has 1 spiro atoms. The zero-order valence-electron chi connectivity index (χ0n) is 23.0. The summed E-state index contributed by atoms with van der Waals surface area (Å²) in [6.07, 6.45) is 2.83. The normalized spacial score (nSPS) is 27.3. The van der Waals surface area contributed by atoms with Gasteiger partial charge in [0.1, 0.15) is 6.10 Å². The minimum atomic E-state index is -1.18. The van der Waals surface area contributed by atoms with E-state index in [1.165, 1.54) is 0 Å². The molecule has 38 heavy (non-hydrogen) atoms. The summed E-state index contributed by atoms with van der Waals surface area (Å²) in [5, 5.41) is 0. The molecule has 204 valence electrons. The lowest BCUT2D eigenvalue weighted by atomic mass is 9.83. The molecule has 4 heterocycles. The van der Waals surface area contributed by atoms with Crippen LogP contribution in [0.15, 0.2) is 10.9 Å². The van der Waals surface area contributed by atoms with E-state index in [1.807, 2.05) is 34.0 Å². The van der Waals surface area contributed by atoms with Crippen molar-refractivity contribution >= 4 is 5.91 Å². The molecule has 9 heteroatoms. The van der Waals surface area contributed by atoms with Crippen LogP contribution in [0.5, 0.6) is 11.5 Å². The molecule has 1 aromatic heterocycles. The summed E-state index contributed by atoms with van der Waals surface area (Å²) in [5.74, 6) is -1.60. The number of hydrogen-bond donors (Lipinski definition) is 1. The summed E-state index contributed by atoms with van der Waals surface area (Å²) < 4.78 is 35.0. The van der Waals surface area contributed by atoms with Crippen LogP contribution in [0.25, 0.3) is 0 Å². The average Bonchev–Trinajstić information content (AvgIpc) is 3.53. The van der Waals surface area contributed by atoms with Gasteiger partial charge < -0.3 is 29.0 Å². The van der Waals surface area contributed by atoms with Crippen molar-refractivity contribution in [3.05, 3.63) is 55.7 Å². The molecule has 6 rings (SSSR count). The molecule has 2 fully saturated rings. The lowest BCUT2D eigenvalue weighted by Gasteiger charge is -2.38. The van der Waals surface area contributed by atoms with Gasteiger partial charge in [-0.05, 0) is 72.2 Å². The first-order valence-corrected chi connectivity index (χ1v) is 13.5. The van der Waals surface area contributed by atoms with Crippen molar-refractivity contribution in [2.75, 3.05) is 27.2 Å². The summed E-state index contributed by atoms with van der Waals surface area (Å²) in [6, 6.07) is 2.22. The Bertz CT molecular complexity index is 1390. The van der Waals surface area contributed by atoms with E-state index in [0.29, 0.717) is 41.4 Å². The maximum absolute atomic E-state index is 16.3. The highest BCUT2D eigenvalue weighted by Crippen LogP contribution is 2.59. The number of carbonyl (C=O) groups excluding carboxylic acids is 1. The number of amides is 1. The lowest BCUT2D eigenvalue weighted by Crippen LogP contribution is -2.53. The van der Waals surface area contributed by atoms with E-state index in [9.17, 15) is 9.59 Å². The molecule has 1 aliphatic carbocycles. The second-order valence-electron chi connectivity index (χ2n) is 12.0. The number of pyridine rings is 1. The van der Waals surface area contributed by atoms with Crippen molar-refractivity contribution in [1.82, 2.24) is 14.8 Å². The van der Waals surface area contributed by atoms with Crippen molar-refractivity contribution in [3.63, 3.8) is 0 Å². The fourth-order valence-electron chi connectivity index (χ4n) is 6.52. The van der Waals surface area contributed by atoms with Gasteiger partial charge in [0.15, 0.2) is 11.6 Å². The molecule has 3 aliphatic heterocycles. The first-order chi connectivity index (χ1) is 17.9. The zero-order valence-corrected chi connectivity index (χ0v) is 23.0. The smallest absolute Gasteiger partial charge is 0.275 e. The highest BCUT2D eigenvalue weighted by atomic mass is 19.1. The van der Waals surface area contributed by atoms with Gasteiger partial charge in [-0.3, -0.25) is 9.59 Å². The molecule has 1 aromatic carbocycles.